The Morgan fingerprint density at radius 3 is 2.44 bits per heavy atom. The van der Waals surface area contributed by atoms with E-state index in [0.29, 0.717) is 31.6 Å². The van der Waals surface area contributed by atoms with Gasteiger partial charge in [0.1, 0.15) is 5.69 Å². The summed E-state index contributed by atoms with van der Waals surface area (Å²) in [6.07, 6.45) is 6.01. The Morgan fingerprint density at radius 2 is 1.70 bits per heavy atom. The number of hydrogen-bond donors (Lipinski definition) is 1. The van der Waals surface area contributed by atoms with Crippen LogP contribution in [0.5, 0.6) is 0 Å². The molecule has 0 bridgehead atoms. The molecule has 1 saturated heterocycles. The minimum Gasteiger partial charge on any atom is -0.353 e. The van der Waals surface area contributed by atoms with Crippen molar-refractivity contribution in [3.05, 3.63) is 65.5 Å². The monoisotopic (exact) mass is 363 g/mol. The third-order valence-electron chi connectivity index (χ3n) is 5.73. The first-order chi connectivity index (χ1) is 13.2. The zero-order chi connectivity index (χ0) is 18.6. The quantitative estimate of drug-likeness (QED) is 0.912. The van der Waals surface area contributed by atoms with Crippen LogP contribution in [0, 0.1) is 5.92 Å². The smallest absolute Gasteiger partial charge is 0.272 e. The maximum absolute atomic E-state index is 12.7. The zero-order valence-electron chi connectivity index (χ0n) is 15.4. The Morgan fingerprint density at radius 1 is 0.963 bits per heavy atom. The van der Waals surface area contributed by atoms with Gasteiger partial charge < -0.3 is 10.2 Å². The van der Waals surface area contributed by atoms with Crippen molar-refractivity contribution in [2.75, 3.05) is 13.1 Å². The van der Waals surface area contributed by atoms with E-state index in [1.165, 1.54) is 11.1 Å². The largest absolute Gasteiger partial charge is 0.353 e. The van der Waals surface area contributed by atoms with Crippen LogP contribution in [-0.2, 0) is 17.6 Å². The van der Waals surface area contributed by atoms with Gasteiger partial charge >= 0.3 is 0 Å². The molecule has 1 aromatic heterocycles. The molecule has 2 amide bonds. The third kappa shape index (κ3) is 4.02. The lowest BCUT2D eigenvalue weighted by Crippen LogP contribution is -2.46. The molecule has 140 valence electrons. The van der Waals surface area contributed by atoms with E-state index >= 15 is 0 Å². The van der Waals surface area contributed by atoms with Crippen LogP contribution in [0.15, 0.2) is 48.7 Å². The van der Waals surface area contributed by atoms with Crippen molar-refractivity contribution in [3.63, 3.8) is 0 Å². The van der Waals surface area contributed by atoms with E-state index in [1.54, 1.807) is 18.3 Å². The van der Waals surface area contributed by atoms with E-state index < -0.39 is 0 Å². The minimum absolute atomic E-state index is 0.00467. The lowest BCUT2D eigenvalue weighted by Gasteiger charge is -2.33. The number of amides is 2. The second-order valence-electron chi connectivity index (χ2n) is 7.50. The normalized spacial score (nSPS) is 20.0. The highest BCUT2D eigenvalue weighted by Gasteiger charge is 2.30. The first-order valence-corrected chi connectivity index (χ1v) is 9.78. The predicted molar refractivity (Wildman–Crippen MR) is 103 cm³/mol. The fourth-order valence-electron chi connectivity index (χ4n) is 4.14. The van der Waals surface area contributed by atoms with Crippen molar-refractivity contribution in [3.8, 4) is 0 Å². The molecule has 1 N–H and O–H groups in total. The Labute approximate surface area is 159 Å². The van der Waals surface area contributed by atoms with E-state index in [9.17, 15) is 9.59 Å². The van der Waals surface area contributed by atoms with E-state index in [0.717, 1.165) is 19.3 Å². The van der Waals surface area contributed by atoms with Crippen molar-refractivity contribution in [1.82, 2.24) is 15.2 Å². The lowest BCUT2D eigenvalue weighted by molar-refractivity contribution is -0.127. The van der Waals surface area contributed by atoms with Crippen molar-refractivity contribution < 1.29 is 9.59 Å². The molecule has 5 heteroatoms. The molecule has 1 atom stereocenters. The molecular weight excluding hydrogens is 338 g/mol. The van der Waals surface area contributed by atoms with Gasteiger partial charge in [0, 0.05) is 31.2 Å². The SMILES string of the molecule is O=C(N[C@@H]1CCc2ccccc2C1)C1CCN(C(=O)c2ccccn2)CC1. The zero-order valence-corrected chi connectivity index (χ0v) is 15.4. The van der Waals surface area contributed by atoms with Crippen molar-refractivity contribution in [1.29, 1.82) is 0 Å². The molecule has 4 rings (SSSR count). The number of carbonyl (C=O) groups is 2. The first-order valence-electron chi connectivity index (χ1n) is 9.78. The van der Waals surface area contributed by atoms with E-state index in [2.05, 4.69) is 34.6 Å². The molecule has 0 radical (unpaired) electrons. The van der Waals surface area contributed by atoms with Crippen molar-refractivity contribution >= 4 is 11.8 Å². The number of rotatable bonds is 3. The molecule has 1 aliphatic heterocycles. The summed E-state index contributed by atoms with van der Waals surface area (Å²) in [7, 11) is 0. The molecule has 1 aromatic carbocycles. The molecule has 2 aliphatic rings. The number of nitrogens with zero attached hydrogens (tertiary/aromatic N) is 2. The van der Waals surface area contributed by atoms with Gasteiger partial charge in [-0.15, -0.1) is 0 Å². The Hall–Kier alpha value is -2.69. The standard InChI is InChI=1S/C22H25N3O2/c26-21(24-19-9-8-16-5-1-2-6-18(16)15-19)17-10-13-25(14-11-17)22(27)20-7-3-4-12-23-20/h1-7,12,17,19H,8-11,13-15H2,(H,24,26)/t19-/m1/s1. The average Bonchev–Trinajstić information content (AvgIpc) is 2.74. The molecule has 27 heavy (non-hydrogen) atoms. The lowest BCUT2D eigenvalue weighted by atomic mass is 9.87. The van der Waals surface area contributed by atoms with Crippen LogP contribution < -0.4 is 5.32 Å². The molecular formula is C22H25N3O2. The van der Waals surface area contributed by atoms with Gasteiger partial charge in [-0.25, -0.2) is 0 Å². The van der Waals surface area contributed by atoms with Crippen molar-refractivity contribution in [2.45, 2.75) is 38.1 Å². The Balaban J connectivity index is 1.29. The van der Waals surface area contributed by atoms with Gasteiger partial charge in [-0.1, -0.05) is 30.3 Å². The highest BCUT2D eigenvalue weighted by molar-refractivity contribution is 5.92. The third-order valence-corrected chi connectivity index (χ3v) is 5.73. The minimum atomic E-state index is -0.0432. The Bertz CT molecular complexity index is 813. The summed E-state index contributed by atoms with van der Waals surface area (Å²) in [5.41, 5.74) is 3.23. The number of piperidine rings is 1. The van der Waals surface area contributed by atoms with Crippen LogP contribution >= 0.6 is 0 Å². The topological polar surface area (TPSA) is 62.3 Å². The van der Waals surface area contributed by atoms with Gasteiger partial charge in [0.2, 0.25) is 5.91 Å². The molecule has 1 aliphatic carbocycles. The van der Waals surface area contributed by atoms with Crippen LogP contribution in [0.4, 0.5) is 0 Å². The molecule has 0 saturated carbocycles. The van der Waals surface area contributed by atoms with Gasteiger partial charge in [0.25, 0.3) is 5.91 Å². The molecule has 1 fully saturated rings. The average molecular weight is 363 g/mol. The van der Waals surface area contributed by atoms with Crippen LogP contribution in [0.25, 0.3) is 0 Å². The summed E-state index contributed by atoms with van der Waals surface area (Å²) < 4.78 is 0. The molecule has 0 spiro atoms. The van der Waals surface area contributed by atoms with Crippen LogP contribution in [0.2, 0.25) is 0 Å². The summed E-state index contributed by atoms with van der Waals surface area (Å²) >= 11 is 0. The number of likely N-dealkylation sites (tertiary alicyclic amines) is 1. The summed E-state index contributed by atoms with van der Waals surface area (Å²) in [6, 6.07) is 14.1. The summed E-state index contributed by atoms with van der Waals surface area (Å²) in [5.74, 6) is 0.0950. The number of aryl methyl sites for hydroxylation is 1. The fraction of sp³-hybridized carbons (Fsp3) is 0.409. The number of fused-ring (bicyclic) bond motifs is 1. The van der Waals surface area contributed by atoms with Gasteiger partial charge in [-0.05, 0) is 55.4 Å². The van der Waals surface area contributed by atoms with Crippen LogP contribution in [-0.4, -0.2) is 40.8 Å². The first kappa shape index (κ1) is 17.7. The van der Waals surface area contributed by atoms with Gasteiger partial charge in [-0.2, -0.15) is 0 Å². The number of nitrogens with one attached hydrogen (secondary N) is 1. The number of pyridine rings is 1. The summed E-state index contributed by atoms with van der Waals surface area (Å²) in [6.45, 7) is 1.22. The number of benzene rings is 1. The Kier molecular flexibility index (Phi) is 5.19. The highest BCUT2D eigenvalue weighted by atomic mass is 16.2. The van der Waals surface area contributed by atoms with E-state index in [4.69, 9.17) is 0 Å². The summed E-state index contributed by atoms with van der Waals surface area (Å²) in [5, 5.41) is 3.25. The number of carbonyl (C=O) groups excluding carboxylic acids is 2. The maximum Gasteiger partial charge on any atom is 0.272 e. The van der Waals surface area contributed by atoms with Crippen molar-refractivity contribution in [2.24, 2.45) is 5.92 Å². The van der Waals surface area contributed by atoms with E-state index in [-0.39, 0.29) is 23.8 Å². The molecule has 2 aromatic rings. The highest BCUT2D eigenvalue weighted by Crippen LogP contribution is 2.23. The molecule has 5 nitrogen and oxygen atoms in total. The maximum atomic E-state index is 12.7. The predicted octanol–water partition coefficient (Wildman–Crippen LogP) is 2.61. The summed E-state index contributed by atoms with van der Waals surface area (Å²) in [4.78, 5) is 31.1. The number of aromatic nitrogens is 1. The number of hydrogen-bond acceptors (Lipinski definition) is 3. The van der Waals surface area contributed by atoms with Crippen LogP contribution in [0.3, 0.4) is 0 Å². The van der Waals surface area contributed by atoms with Gasteiger partial charge in [-0.3, -0.25) is 14.6 Å². The fourth-order valence-corrected chi connectivity index (χ4v) is 4.14. The van der Waals surface area contributed by atoms with Gasteiger partial charge in [0.05, 0.1) is 0 Å². The molecule has 2 heterocycles. The van der Waals surface area contributed by atoms with E-state index in [1.807, 2.05) is 11.0 Å². The van der Waals surface area contributed by atoms with Crippen LogP contribution in [0.1, 0.15) is 40.9 Å². The second-order valence-corrected chi connectivity index (χ2v) is 7.50. The van der Waals surface area contributed by atoms with Gasteiger partial charge in [0.15, 0.2) is 0 Å². The second kappa shape index (κ2) is 7.91. The molecule has 0 unspecified atom stereocenters.